The van der Waals surface area contributed by atoms with E-state index in [4.69, 9.17) is 11.5 Å². The number of imidazole rings is 1. The van der Waals surface area contributed by atoms with Crippen LogP contribution in [-0.2, 0) is 6.42 Å². The van der Waals surface area contributed by atoms with Gasteiger partial charge in [-0.1, -0.05) is 0 Å². The lowest BCUT2D eigenvalue weighted by molar-refractivity contribution is 0.250. The van der Waals surface area contributed by atoms with Crippen LogP contribution in [0.15, 0.2) is 12.5 Å². The number of nitrogens with two attached hydrogens (primary N) is 2. The first-order valence-corrected chi connectivity index (χ1v) is 3.27. The van der Waals surface area contributed by atoms with E-state index in [1.807, 2.05) is 0 Å². The second-order valence-corrected chi connectivity index (χ2v) is 2.15. The Bertz CT molecular complexity index is 255. The third-order valence-corrected chi connectivity index (χ3v) is 1.29. The van der Waals surface area contributed by atoms with Crippen molar-refractivity contribution in [3.8, 4) is 0 Å². The molecule has 60 valence electrons. The molecule has 1 aromatic heterocycles. The Morgan fingerprint density at radius 3 is 2.91 bits per heavy atom. The summed E-state index contributed by atoms with van der Waals surface area (Å²) in [7, 11) is 0. The summed E-state index contributed by atoms with van der Waals surface area (Å²) in [6.07, 6.45) is 3.63. The van der Waals surface area contributed by atoms with Crippen molar-refractivity contribution in [1.82, 2.24) is 9.55 Å². The average Bonchev–Trinajstić information content (AvgIpc) is 2.37. The Morgan fingerprint density at radius 2 is 2.45 bits per heavy atom. The van der Waals surface area contributed by atoms with Gasteiger partial charge in [-0.2, -0.15) is 0 Å². The van der Waals surface area contributed by atoms with Gasteiger partial charge in [-0.15, -0.1) is 0 Å². The van der Waals surface area contributed by atoms with Crippen LogP contribution in [0.1, 0.15) is 5.69 Å². The van der Waals surface area contributed by atoms with Crippen LogP contribution in [0.25, 0.3) is 0 Å². The summed E-state index contributed by atoms with van der Waals surface area (Å²) in [6.45, 7) is 0.524. The number of hydrogen-bond acceptors (Lipinski definition) is 3. The Hall–Kier alpha value is -1.36. The molecular weight excluding hydrogens is 144 g/mol. The molecule has 0 spiro atoms. The highest BCUT2D eigenvalue weighted by atomic mass is 16.2. The highest BCUT2D eigenvalue weighted by Crippen LogP contribution is 1.94. The minimum absolute atomic E-state index is 0.524. The minimum Gasteiger partial charge on any atom is -0.351 e. The molecule has 4 N–H and O–H groups in total. The van der Waals surface area contributed by atoms with Gasteiger partial charge in [-0.05, 0) is 6.54 Å². The van der Waals surface area contributed by atoms with Crippen molar-refractivity contribution in [2.24, 2.45) is 11.5 Å². The number of aromatic nitrogens is 2. The highest BCUT2D eigenvalue weighted by molar-refractivity contribution is 5.74. The van der Waals surface area contributed by atoms with Gasteiger partial charge in [-0.3, -0.25) is 4.57 Å². The molecule has 0 fully saturated rings. The molecule has 0 aromatic carbocycles. The summed E-state index contributed by atoms with van der Waals surface area (Å²) < 4.78 is 1.23. The molecule has 11 heavy (non-hydrogen) atoms. The van der Waals surface area contributed by atoms with Gasteiger partial charge in [0.1, 0.15) is 6.33 Å². The quantitative estimate of drug-likeness (QED) is 0.591. The Labute approximate surface area is 64.0 Å². The molecule has 1 heterocycles. The van der Waals surface area contributed by atoms with Gasteiger partial charge in [0.25, 0.3) is 0 Å². The fraction of sp³-hybridized carbons (Fsp3) is 0.333. The predicted molar refractivity (Wildman–Crippen MR) is 40.0 cm³/mol. The van der Waals surface area contributed by atoms with Crippen LogP contribution < -0.4 is 11.5 Å². The Kier molecular flexibility index (Phi) is 2.22. The molecule has 0 aliphatic rings. The van der Waals surface area contributed by atoms with Gasteiger partial charge in [-0.25, -0.2) is 9.78 Å². The zero-order chi connectivity index (χ0) is 8.27. The number of carbonyl (C=O) groups excluding carboxylic acids is 1. The van der Waals surface area contributed by atoms with Gasteiger partial charge < -0.3 is 11.5 Å². The molecule has 0 atom stereocenters. The fourth-order valence-corrected chi connectivity index (χ4v) is 0.761. The maximum absolute atomic E-state index is 10.5. The first kappa shape index (κ1) is 7.74. The predicted octanol–water partition coefficient (Wildman–Crippen LogP) is -0.689. The van der Waals surface area contributed by atoms with E-state index in [-0.39, 0.29) is 0 Å². The second kappa shape index (κ2) is 3.16. The van der Waals surface area contributed by atoms with Crippen molar-refractivity contribution in [3.63, 3.8) is 0 Å². The van der Waals surface area contributed by atoms with E-state index >= 15 is 0 Å². The molecule has 0 saturated heterocycles. The Morgan fingerprint density at radius 1 is 1.73 bits per heavy atom. The van der Waals surface area contributed by atoms with Crippen molar-refractivity contribution >= 4 is 6.03 Å². The maximum Gasteiger partial charge on any atom is 0.324 e. The summed E-state index contributed by atoms with van der Waals surface area (Å²) in [5.41, 5.74) is 11.0. The van der Waals surface area contributed by atoms with Crippen molar-refractivity contribution in [3.05, 3.63) is 18.2 Å². The number of primary amides is 1. The van der Waals surface area contributed by atoms with Crippen LogP contribution in [-0.4, -0.2) is 22.1 Å². The molecule has 0 bridgehead atoms. The number of hydrogen-bond donors (Lipinski definition) is 2. The lowest BCUT2D eigenvalue weighted by Gasteiger charge is -1.90. The van der Waals surface area contributed by atoms with E-state index in [1.165, 1.54) is 10.9 Å². The highest BCUT2D eigenvalue weighted by Gasteiger charge is 2.00. The summed E-state index contributed by atoms with van der Waals surface area (Å²) >= 11 is 0. The molecule has 0 unspecified atom stereocenters. The second-order valence-electron chi connectivity index (χ2n) is 2.15. The lowest BCUT2D eigenvalue weighted by Crippen LogP contribution is -2.17. The topological polar surface area (TPSA) is 86.9 Å². The Balaban J connectivity index is 2.73. The summed E-state index contributed by atoms with van der Waals surface area (Å²) in [4.78, 5) is 14.4. The molecule has 1 amide bonds. The first-order chi connectivity index (χ1) is 5.24. The monoisotopic (exact) mass is 154 g/mol. The normalized spacial score (nSPS) is 9.91. The van der Waals surface area contributed by atoms with Crippen LogP contribution in [0, 0.1) is 0 Å². The summed E-state index contributed by atoms with van der Waals surface area (Å²) in [5.74, 6) is 0. The fourth-order valence-electron chi connectivity index (χ4n) is 0.761. The van der Waals surface area contributed by atoms with Crippen molar-refractivity contribution in [1.29, 1.82) is 0 Å². The van der Waals surface area contributed by atoms with E-state index in [0.29, 0.717) is 13.0 Å². The number of nitrogens with zero attached hydrogens (tertiary/aromatic N) is 2. The number of carbonyl (C=O) groups is 1. The van der Waals surface area contributed by atoms with Crippen LogP contribution in [0.4, 0.5) is 4.79 Å². The van der Waals surface area contributed by atoms with Crippen LogP contribution in [0.5, 0.6) is 0 Å². The zero-order valence-electron chi connectivity index (χ0n) is 6.03. The van der Waals surface area contributed by atoms with E-state index < -0.39 is 6.03 Å². The van der Waals surface area contributed by atoms with E-state index in [2.05, 4.69) is 4.98 Å². The summed E-state index contributed by atoms with van der Waals surface area (Å²) in [6, 6.07) is -0.527. The first-order valence-electron chi connectivity index (χ1n) is 3.27. The molecule has 5 nitrogen and oxygen atoms in total. The van der Waals surface area contributed by atoms with Gasteiger partial charge in [0.15, 0.2) is 0 Å². The lowest BCUT2D eigenvalue weighted by atomic mass is 10.3. The third kappa shape index (κ3) is 1.78. The van der Waals surface area contributed by atoms with Crippen LogP contribution in [0.3, 0.4) is 0 Å². The molecule has 1 rings (SSSR count). The van der Waals surface area contributed by atoms with Crippen LogP contribution in [0.2, 0.25) is 0 Å². The molecule has 0 aliphatic carbocycles. The van der Waals surface area contributed by atoms with E-state index in [0.717, 1.165) is 5.69 Å². The standard InChI is InChI=1S/C6H10N4O/c7-2-1-5-3-10(4-9-5)6(8)11/h3-4H,1-2,7H2,(H2,8,11). The largest absolute Gasteiger partial charge is 0.351 e. The minimum atomic E-state index is -0.527. The maximum atomic E-state index is 10.5. The smallest absolute Gasteiger partial charge is 0.324 e. The van der Waals surface area contributed by atoms with Gasteiger partial charge in [0.2, 0.25) is 0 Å². The number of rotatable bonds is 2. The molecular formula is C6H10N4O. The van der Waals surface area contributed by atoms with Crippen LogP contribution >= 0.6 is 0 Å². The molecule has 0 saturated carbocycles. The van der Waals surface area contributed by atoms with Gasteiger partial charge in [0.05, 0.1) is 5.69 Å². The van der Waals surface area contributed by atoms with Crippen molar-refractivity contribution < 1.29 is 4.79 Å². The van der Waals surface area contributed by atoms with Gasteiger partial charge >= 0.3 is 6.03 Å². The van der Waals surface area contributed by atoms with E-state index in [1.54, 1.807) is 6.20 Å². The van der Waals surface area contributed by atoms with Crippen molar-refractivity contribution in [2.45, 2.75) is 6.42 Å². The number of amides is 1. The molecule has 0 aliphatic heterocycles. The average molecular weight is 154 g/mol. The van der Waals surface area contributed by atoms with Crippen molar-refractivity contribution in [2.75, 3.05) is 6.54 Å². The zero-order valence-corrected chi connectivity index (χ0v) is 6.03. The van der Waals surface area contributed by atoms with E-state index in [9.17, 15) is 4.79 Å². The SMILES string of the molecule is NCCc1cn(C(N)=O)cn1. The molecule has 5 heteroatoms. The third-order valence-electron chi connectivity index (χ3n) is 1.29. The van der Waals surface area contributed by atoms with Gasteiger partial charge in [0, 0.05) is 12.6 Å². The molecule has 0 radical (unpaired) electrons. The molecule has 1 aromatic rings. The summed E-state index contributed by atoms with van der Waals surface area (Å²) in [5, 5.41) is 0.